The number of rotatable bonds is 5. The summed E-state index contributed by atoms with van der Waals surface area (Å²) in [5.74, 6) is 8.26. The van der Waals surface area contributed by atoms with Crippen LogP contribution >= 0.6 is 0 Å². The van der Waals surface area contributed by atoms with E-state index in [2.05, 4.69) is 22.7 Å². The Kier molecular flexibility index (Phi) is 3.35. The van der Waals surface area contributed by atoms with Crippen LogP contribution in [0.5, 0.6) is 0 Å². The van der Waals surface area contributed by atoms with Crippen LogP contribution in [0.1, 0.15) is 50.8 Å². The molecule has 3 rings (SSSR count). The Hall–Kier alpha value is -0.940. The quantitative estimate of drug-likeness (QED) is 0.614. The monoisotopic (exact) mass is 249 g/mol. The minimum Gasteiger partial charge on any atom is -0.271 e. The predicted octanol–water partition coefficient (Wildman–Crippen LogP) is 1.63. The third-order valence-electron chi connectivity index (χ3n) is 4.69. The number of hydrogen-bond donors (Lipinski definition) is 2. The second-order valence-corrected chi connectivity index (χ2v) is 5.72. The minimum absolute atomic E-state index is 0.236. The molecule has 1 aromatic rings. The summed E-state index contributed by atoms with van der Waals surface area (Å²) in [7, 11) is 0. The second kappa shape index (κ2) is 4.97. The van der Waals surface area contributed by atoms with E-state index in [1.54, 1.807) is 0 Å². The van der Waals surface area contributed by atoms with Crippen LogP contribution in [-0.2, 0) is 6.54 Å². The Labute approximate surface area is 108 Å². The van der Waals surface area contributed by atoms with Crippen LogP contribution in [0.25, 0.3) is 0 Å². The maximum Gasteiger partial charge on any atom is 0.0773 e. The van der Waals surface area contributed by atoms with Crippen molar-refractivity contribution >= 4 is 0 Å². The van der Waals surface area contributed by atoms with Gasteiger partial charge < -0.3 is 0 Å². The first kappa shape index (κ1) is 12.1. The van der Waals surface area contributed by atoms with Crippen LogP contribution in [-0.4, -0.2) is 15.0 Å². The molecule has 3 atom stereocenters. The molecular weight excluding hydrogens is 226 g/mol. The van der Waals surface area contributed by atoms with Crippen molar-refractivity contribution in [2.75, 3.05) is 0 Å². The van der Waals surface area contributed by atoms with Crippen molar-refractivity contribution in [3.63, 3.8) is 0 Å². The SMILES string of the molecule is CCCn1nncc1C(NN)C1C2CCCCC21. The van der Waals surface area contributed by atoms with Crippen LogP contribution in [0, 0.1) is 17.8 Å². The largest absolute Gasteiger partial charge is 0.271 e. The zero-order valence-corrected chi connectivity index (χ0v) is 11.0. The number of nitrogens with zero attached hydrogens (tertiary/aromatic N) is 3. The van der Waals surface area contributed by atoms with Gasteiger partial charge in [-0.05, 0) is 37.0 Å². The first-order chi connectivity index (χ1) is 8.86. The van der Waals surface area contributed by atoms with E-state index in [-0.39, 0.29) is 6.04 Å². The van der Waals surface area contributed by atoms with Crippen molar-refractivity contribution < 1.29 is 0 Å². The lowest BCUT2D eigenvalue weighted by molar-refractivity contribution is 0.413. The van der Waals surface area contributed by atoms with Gasteiger partial charge in [-0.1, -0.05) is 25.0 Å². The van der Waals surface area contributed by atoms with Gasteiger partial charge in [0.05, 0.1) is 17.9 Å². The molecule has 2 aliphatic rings. The molecule has 18 heavy (non-hydrogen) atoms. The molecule has 2 aliphatic carbocycles. The van der Waals surface area contributed by atoms with Crippen LogP contribution in [0.2, 0.25) is 0 Å². The lowest BCUT2D eigenvalue weighted by Gasteiger charge is -2.17. The smallest absolute Gasteiger partial charge is 0.0773 e. The Morgan fingerprint density at radius 2 is 2.17 bits per heavy atom. The molecule has 0 saturated heterocycles. The van der Waals surface area contributed by atoms with Gasteiger partial charge in [0.1, 0.15) is 0 Å². The first-order valence-corrected chi connectivity index (χ1v) is 7.21. The molecule has 0 aliphatic heterocycles. The molecule has 0 bridgehead atoms. The molecule has 1 aromatic heterocycles. The standard InChI is InChI=1S/C13H23N5/c1-2-7-18-11(8-15-17-18)13(16-14)12-9-5-3-4-6-10(9)12/h8-10,12-13,16H,2-7,14H2,1H3. The summed E-state index contributed by atoms with van der Waals surface area (Å²) < 4.78 is 2.01. The molecule has 5 nitrogen and oxygen atoms in total. The topological polar surface area (TPSA) is 68.8 Å². The van der Waals surface area contributed by atoms with E-state index in [1.807, 2.05) is 10.9 Å². The minimum atomic E-state index is 0.236. The molecule has 5 heteroatoms. The average Bonchev–Trinajstić information content (AvgIpc) is 2.93. The van der Waals surface area contributed by atoms with Crippen molar-refractivity contribution in [2.45, 2.75) is 51.6 Å². The lowest BCUT2D eigenvalue weighted by atomic mass is 10.0. The Bertz CT molecular complexity index is 390. The number of nitrogens with two attached hydrogens (primary N) is 1. The van der Waals surface area contributed by atoms with E-state index in [9.17, 15) is 0 Å². The number of fused-ring (bicyclic) bond motifs is 1. The van der Waals surface area contributed by atoms with Gasteiger partial charge in [-0.25, -0.2) is 4.68 Å². The molecule has 100 valence electrons. The normalized spacial score (nSPS) is 32.0. The van der Waals surface area contributed by atoms with Gasteiger partial charge in [-0.15, -0.1) is 5.10 Å². The summed E-state index contributed by atoms with van der Waals surface area (Å²) in [6.45, 7) is 3.09. The summed E-state index contributed by atoms with van der Waals surface area (Å²) >= 11 is 0. The van der Waals surface area contributed by atoms with Gasteiger partial charge in [0.15, 0.2) is 0 Å². The highest BCUT2D eigenvalue weighted by Crippen LogP contribution is 2.60. The lowest BCUT2D eigenvalue weighted by Crippen LogP contribution is -2.32. The highest BCUT2D eigenvalue weighted by atomic mass is 15.4. The molecule has 2 saturated carbocycles. The zero-order chi connectivity index (χ0) is 12.5. The van der Waals surface area contributed by atoms with Gasteiger partial charge in [0.2, 0.25) is 0 Å². The van der Waals surface area contributed by atoms with E-state index >= 15 is 0 Å². The number of hydrogen-bond acceptors (Lipinski definition) is 4. The third kappa shape index (κ3) is 1.95. The molecule has 3 unspecified atom stereocenters. The summed E-state index contributed by atoms with van der Waals surface area (Å²) in [6, 6.07) is 0.236. The molecule has 0 radical (unpaired) electrons. The summed E-state index contributed by atoms with van der Waals surface area (Å²) in [5, 5.41) is 8.23. The fourth-order valence-electron chi connectivity index (χ4n) is 3.83. The van der Waals surface area contributed by atoms with Crippen molar-refractivity contribution in [1.82, 2.24) is 20.4 Å². The van der Waals surface area contributed by atoms with Gasteiger partial charge in [0.25, 0.3) is 0 Å². The van der Waals surface area contributed by atoms with Crippen LogP contribution in [0.15, 0.2) is 6.20 Å². The highest BCUT2D eigenvalue weighted by molar-refractivity contribution is 5.13. The maximum absolute atomic E-state index is 5.81. The molecule has 1 heterocycles. The fourth-order valence-corrected chi connectivity index (χ4v) is 3.83. The molecule has 0 spiro atoms. The van der Waals surface area contributed by atoms with Crippen LogP contribution < -0.4 is 11.3 Å². The van der Waals surface area contributed by atoms with Gasteiger partial charge in [0, 0.05) is 6.54 Å². The number of aryl methyl sites for hydroxylation is 1. The zero-order valence-electron chi connectivity index (χ0n) is 11.0. The second-order valence-electron chi connectivity index (χ2n) is 5.72. The Morgan fingerprint density at radius 3 is 2.78 bits per heavy atom. The van der Waals surface area contributed by atoms with E-state index in [4.69, 9.17) is 5.84 Å². The Balaban J connectivity index is 1.78. The molecule has 0 amide bonds. The van der Waals surface area contributed by atoms with Crippen molar-refractivity contribution in [2.24, 2.45) is 23.6 Å². The molecular formula is C13H23N5. The van der Waals surface area contributed by atoms with Crippen LogP contribution in [0.4, 0.5) is 0 Å². The van der Waals surface area contributed by atoms with Crippen LogP contribution in [0.3, 0.4) is 0 Å². The van der Waals surface area contributed by atoms with Gasteiger partial charge >= 0.3 is 0 Å². The van der Waals surface area contributed by atoms with Gasteiger partial charge in [-0.2, -0.15) is 0 Å². The number of hydrazine groups is 1. The van der Waals surface area contributed by atoms with E-state index < -0.39 is 0 Å². The maximum atomic E-state index is 5.81. The van der Waals surface area contributed by atoms with Gasteiger partial charge in [-0.3, -0.25) is 11.3 Å². The highest BCUT2D eigenvalue weighted by Gasteiger charge is 2.54. The first-order valence-electron chi connectivity index (χ1n) is 7.21. The average molecular weight is 249 g/mol. The van der Waals surface area contributed by atoms with Crippen molar-refractivity contribution in [3.05, 3.63) is 11.9 Å². The van der Waals surface area contributed by atoms with E-state index in [1.165, 1.54) is 31.4 Å². The summed E-state index contributed by atoms with van der Waals surface area (Å²) in [5.41, 5.74) is 4.19. The van der Waals surface area contributed by atoms with E-state index in [0.29, 0.717) is 5.92 Å². The summed E-state index contributed by atoms with van der Waals surface area (Å²) in [6.07, 6.45) is 8.49. The number of nitrogens with one attached hydrogen (secondary N) is 1. The molecule has 0 aromatic carbocycles. The fraction of sp³-hybridized carbons (Fsp3) is 0.846. The van der Waals surface area contributed by atoms with Crippen molar-refractivity contribution in [3.8, 4) is 0 Å². The predicted molar refractivity (Wildman–Crippen MR) is 69.3 cm³/mol. The third-order valence-corrected chi connectivity index (χ3v) is 4.69. The van der Waals surface area contributed by atoms with E-state index in [0.717, 1.165) is 24.8 Å². The molecule has 2 fully saturated rings. The Morgan fingerprint density at radius 1 is 1.44 bits per heavy atom. The summed E-state index contributed by atoms with van der Waals surface area (Å²) in [4.78, 5) is 0. The molecule has 3 N–H and O–H groups in total. The number of aromatic nitrogens is 3. The van der Waals surface area contributed by atoms with Crippen molar-refractivity contribution in [1.29, 1.82) is 0 Å².